The minimum Gasteiger partial charge on any atom is -0.306 e. The van der Waals surface area contributed by atoms with Crippen LogP contribution < -0.4 is 0 Å². The van der Waals surface area contributed by atoms with E-state index in [0.29, 0.717) is 17.7 Å². The van der Waals surface area contributed by atoms with Crippen molar-refractivity contribution in [2.75, 3.05) is 14.1 Å². The molecule has 22 heavy (non-hydrogen) atoms. The van der Waals surface area contributed by atoms with Gasteiger partial charge in [0.15, 0.2) is 0 Å². The highest BCUT2D eigenvalue weighted by Gasteiger charge is 2.29. The summed E-state index contributed by atoms with van der Waals surface area (Å²) in [6.45, 7) is 2.11. The van der Waals surface area contributed by atoms with Crippen LogP contribution in [0.1, 0.15) is 44.6 Å². The fraction of sp³-hybridized carbons (Fsp3) is 0.632. The van der Waals surface area contributed by atoms with Crippen molar-refractivity contribution in [3.05, 3.63) is 34.3 Å². The lowest BCUT2D eigenvalue weighted by Gasteiger charge is -2.33. The lowest BCUT2D eigenvalue weighted by atomic mass is 9.79. The number of carbonyl (C=O) groups is 1. The molecule has 0 bridgehead atoms. The summed E-state index contributed by atoms with van der Waals surface area (Å²) in [4.78, 5) is 14.9. The SMILES string of the molecule is CC(CCc1ccc(Br)cc1)C(=O)C1CCC(N(C)C)CC1. The molecule has 2 rings (SSSR count). The highest BCUT2D eigenvalue weighted by Crippen LogP contribution is 2.30. The quantitative estimate of drug-likeness (QED) is 0.727. The van der Waals surface area contributed by atoms with Crippen LogP contribution in [-0.4, -0.2) is 30.8 Å². The topological polar surface area (TPSA) is 20.3 Å². The van der Waals surface area contributed by atoms with Crippen LogP contribution in [0, 0.1) is 11.8 Å². The van der Waals surface area contributed by atoms with Crippen LogP contribution in [0.4, 0.5) is 0 Å². The van der Waals surface area contributed by atoms with Crippen LogP contribution in [0.25, 0.3) is 0 Å². The van der Waals surface area contributed by atoms with Gasteiger partial charge in [0.25, 0.3) is 0 Å². The van der Waals surface area contributed by atoms with E-state index in [1.165, 1.54) is 18.4 Å². The molecule has 1 aromatic rings. The molecule has 1 unspecified atom stereocenters. The number of carbonyl (C=O) groups excluding carboxylic acids is 1. The third kappa shape index (κ3) is 4.92. The maximum absolute atomic E-state index is 12.6. The summed E-state index contributed by atoms with van der Waals surface area (Å²) in [5, 5.41) is 0. The first-order valence-electron chi connectivity index (χ1n) is 8.42. The van der Waals surface area contributed by atoms with E-state index >= 15 is 0 Å². The maximum atomic E-state index is 12.6. The molecule has 122 valence electrons. The van der Waals surface area contributed by atoms with Crippen molar-refractivity contribution < 1.29 is 4.79 Å². The molecule has 1 atom stereocenters. The second-order valence-electron chi connectivity index (χ2n) is 6.94. The van der Waals surface area contributed by atoms with Crippen LogP contribution in [0.3, 0.4) is 0 Å². The van der Waals surface area contributed by atoms with E-state index in [4.69, 9.17) is 0 Å². The predicted octanol–water partition coefficient (Wildman–Crippen LogP) is 4.71. The van der Waals surface area contributed by atoms with Crippen LogP contribution >= 0.6 is 15.9 Å². The Kier molecular flexibility index (Phi) is 6.64. The molecule has 1 aliphatic carbocycles. The molecule has 0 aromatic heterocycles. The Balaban J connectivity index is 1.78. The molecule has 1 saturated carbocycles. The number of rotatable bonds is 6. The zero-order valence-electron chi connectivity index (χ0n) is 14.0. The number of halogens is 1. The number of hydrogen-bond donors (Lipinski definition) is 0. The van der Waals surface area contributed by atoms with E-state index in [-0.39, 0.29) is 5.92 Å². The van der Waals surface area contributed by atoms with E-state index in [0.717, 1.165) is 30.2 Å². The monoisotopic (exact) mass is 365 g/mol. The Morgan fingerprint density at radius 3 is 2.32 bits per heavy atom. The highest BCUT2D eigenvalue weighted by molar-refractivity contribution is 9.10. The smallest absolute Gasteiger partial charge is 0.138 e. The summed E-state index contributed by atoms with van der Waals surface area (Å²) in [7, 11) is 4.29. The van der Waals surface area contributed by atoms with Gasteiger partial charge in [0.2, 0.25) is 0 Å². The van der Waals surface area contributed by atoms with Crippen molar-refractivity contribution >= 4 is 21.7 Å². The average Bonchev–Trinajstić information content (AvgIpc) is 2.53. The lowest BCUT2D eigenvalue weighted by Crippen LogP contribution is -2.35. The third-order valence-corrected chi connectivity index (χ3v) is 5.62. The zero-order chi connectivity index (χ0) is 16.1. The Morgan fingerprint density at radius 1 is 1.18 bits per heavy atom. The normalized spacial score (nSPS) is 23.5. The van der Waals surface area contributed by atoms with Gasteiger partial charge < -0.3 is 4.90 Å². The van der Waals surface area contributed by atoms with Gasteiger partial charge in [-0.3, -0.25) is 4.79 Å². The summed E-state index contributed by atoms with van der Waals surface area (Å²) < 4.78 is 1.11. The summed E-state index contributed by atoms with van der Waals surface area (Å²) in [6.07, 6.45) is 6.45. The highest BCUT2D eigenvalue weighted by atomic mass is 79.9. The first-order chi connectivity index (χ1) is 10.5. The van der Waals surface area contributed by atoms with Crippen LogP contribution in [0.2, 0.25) is 0 Å². The molecule has 1 aromatic carbocycles. The molecule has 1 aliphatic rings. The molecular formula is C19H28BrNO. The Labute approximate surface area is 143 Å². The zero-order valence-corrected chi connectivity index (χ0v) is 15.6. The molecule has 0 spiro atoms. The van der Waals surface area contributed by atoms with E-state index < -0.39 is 0 Å². The second-order valence-corrected chi connectivity index (χ2v) is 7.85. The summed E-state index contributed by atoms with van der Waals surface area (Å²) in [5.41, 5.74) is 1.32. The van der Waals surface area contributed by atoms with E-state index in [1.54, 1.807) is 0 Å². The number of ketones is 1. The largest absolute Gasteiger partial charge is 0.306 e. The summed E-state index contributed by atoms with van der Waals surface area (Å²) in [6, 6.07) is 9.10. The van der Waals surface area contributed by atoms with Gasteiger partial charge in [-0.15, -0.1) is 0 Å². The minimum atomic E-state index is 0.185. The van der Waals surface area contributed by atoms with Crippen molar-refractivity contribution in [1.82, 2.24) is 4.90 Å². The minimum absolute atomic E-state index is 0.185. The summed E-state index contributed by atoms with van der Waals surface area (Å²) >= 11 is 3.46. The maximum Gasteiger partial charge on any atom is 0.138 e. The lowest BCUT2D eigenvalue weighted by molar-refractivity contribution is -0.127. The van der Waals surface area contributed by atoms with Gasteiger partial charge >= 0.3 is 0 Å². The van der Waals surface area contributed by atoms with E-state index in [9.17, 15) is 4.79 Å². The van der Waals surface area contributed by atoms with Crippen molar-refractivity contribution in [2.45, 2.75) is 51.5 Å². The number of Topliss-reactive ketones (excluding diaryl/α,β-unsaturated/α-hetero) is 1. The third-order valence-electron chi connectivity index (χ3n) is 5.09. The first kappa shape index (κ1) is 17.7. The number of nitrogens with zero attached hydrogens (tertiary/aromatic N) is 1. The number of aryl methyl sites for hydroxylation is 1. The first-order valence-corrected chi connectivity index (χ1v) is 9.21. The molecule has 2 nitrogen and oxygen atoms in total. The summed E-state index contributed by atoms with van der Waals surface area (Å²) in [5.74, 6) is 0.981. The molecule has 0 N–H and O–H groups in total. The van der Waals surface area contributed by atoms with Crippen molar-refractivity contribution in [3.63, 3.8) is 0 Å². The van der Waals surface area contributed by atoms with Gasteiger partial charge in [-0.1, -0.05) is 35.0 Å². The van der Waals surface area contributed by atoms with Gasteiger partial charge in [-0.25, -0.2) is 0 Å². The van der Waals surface area contributed by atoms with Gasteiger partial charge in [-0.2, -0.15) is 0 Å². The molecule has 0 heterocycles. The molecule has 3 heteroatoms. The van der Waals surface area contributed by atoms with Gasteiger partial charge in [0.05, 0.1) is 0 Å². The molecule has 0 amide bonds. The molecular weight excluding hydrogens is 338 g/mol. The standard InChI is InChI=1S/C19H28BrNO/c1-14(4-5-15-6-10-17(20)11-7-15)19(22)16-8-12-18(13-9-16)21(2)3/h6-7,10-11,14,16,18H,4-5,8-9,12-13H2,1-3H3. The van der Waals surface area contributed by atoms with Gasteiger partial charge in [-0.05, 0) is 70.3 Å². The fourth-order valence-electron chi connectivity index (χ4n) is 3.46. The Morgan fingerprint density at radius 2 is 1.77 bits per heavy atom. The molecule has 0 aliphatic heterocycles. The fourth-order valence-corrected chi connectivity index (χ4v) is 3.72. The van der Waals surface area contributed by atoms with Gasteiger partial charge in [0, 0.05) is 22.4 Å². The molecule has 0 saturated heterocycles. The molecule has 1 fully saturated rings. The van der Waals surface area contributed by atoms with Crippen molar-refractivity contribution in [2.24, 2.45) is 11.8 Å². The second kappa shape index (κ2) is 8.26. The van der Waals surface area contributed by atoms with E-state index in [2.05, 4.69) is 66.1 Å². The molecule has 0 radical (unpaired) electrons. The predicted molar refractivity (Wildman–Crippen MR) is 96.1 cm³/mol. The van der Waals surface area contributed by atoms with Gasteiger partial charge in [0.1, 0.15) is 5.78 Å². The van der Waals surface area contributed by atoms with Crippen LogP contribution in [0.15, 0.2) is 28.7 Å². The Bertz CT molecular complexity index is 475. The van der Waals surface area contributed by atoms with Crippen LogP contribution in [0.5, 0.6) is 0 Å². The van der Waals surface area contributed by atoms with Crippen molar-refractivity contribution in [1.29, 1.82) is 0 Å². The van der Waals surface area contributed by atoms with Crippen LogP contribution in [-0.2, 0) is 11.2 Å². The number of hydrogen-bond acceptors (Lipinski definition) is 2. The Hall–Kier alpha value is -0.670. The van der Waals surface area contributed by atoms with Crippen molar-refractivity contribution in [3.8, 4) is 0 Å². The average molecular weight is 366 g/mol. The van der Waals surface area contributed by atoms with E-state index in [1.807, 2.05) is 0 Å². The number of benzene rings is 1.